The van der Waals surface area contributed by atoms with E-state index in [2.05, 4.69) is 18.8 Å². The van der Waals surface area contributed by atoms with Crippen molar-refractivity contribution in [2.24, 2.45) is 5.41 Å². The Bertz CT molecular complexity index is 745. The maximum atomic E-state index is 13.1. The third-order valence-electron chi connectivity index (χ3n) is 5.20. The van der Waals surface area contributed by atoms with Gasteiger partial charge < -0.3 is 9.64 Å². The quantitative estimate of drug-likeness (QED) is 0.855. The molecule has 1 aromatic heterocycles. The van der Waals surface area contributed by atoms with E-state index in [0.717, 1.165) is 42.3 Å². The summed E-state index contributed by atoms with van der Waals surface area (Å²) in [5.74, 6) is 0.113. The van der Waals surface area contributed by atoms with E-state index >= 15 is 0 Å². The third kappa shape index (κ3) is 2.32. The van der Waals surface area contributed by atoms with Crippen LogP contribution in [0.25, 0.3) is 10.8 Å². The first kappa shape index (κ1) is 14.6. The lowest BCUT2D eigenvalue weighted by molar-refractivity contribution is -0.0960. The predicted octanol–water partition coefficient (Wildman–Crippen LogP) is 3.26. The topological polar surface area (TPSA) is 42.4 Å². The predicted molar refractivity (Wildman–Crippen MR) is 89.3 cm³/mol. The van der Waals surface area contributed by atoms with Crippen molar-refractivity contribution in [2.75, 3.05) is 13.2 Å². The molecule has 0 saturated carbocycles. The summed E-state index contributed by atoms with van der Waals surface area (Å²) in [5, 5.41) is 1.98. The van der Waals surface area contributed by atoms with Crippen LogP contribution in [-0.2, 0) is 4.74 Å². The van der Waals surface area contributed by atoms with Crippen LogP contribution < -0.4 is 0 Å². The van der Waals surface area contributed by atoms with Crippen LogP contribution in [0.15, 0.2) is 36.7 Å². The Kier molecular flexibility index (Phi) is 3.38. The summed E-state index contributed by atoms with van der Waals surface area (Å²) in [5.41, 5.74) is 0.889. The fourth-order valence-electron chi connectivity index (χ4n) is 4.16. The first-order valence-electron chi connectivity index (χ1n) is 8.33. The lowest BCUT2D eigenvalue weighted by atomic mass is 9.71. The Hall–Kier alpha value is -1.94. The number of nitrogens with zero attached hydrogens (tertiary/aromatic N) is 2. The maximum Gasteiger partial charge on any atom is 0.254 e. The summed E-state index contributed by atoms with van der Waals surface area (Å²) in [6.07, 6.45) is 5.89. The fourth-order valence-corrected chi connectivity index (χ4v) is 4.16. The number of carbonyl (C=O) groups excluding carboxylic acids is 1. The summed E-state index contributed by atoms with van der Waals surface area (Å²) in [6, 6.07) is 7.95. The van der Waals surface area contributed by atoms with Crippen molar-refractivity contribution in [1.82, 2.24) is 9.88 Å². The highest BCUT2D eigenvalue weighted by Crippen LogP contribution is 2.43. The molecule has 0 N–H and O–H groups in total. The van der Waals surface area contributed by atoms with Gasteiger partial charge in [0.15, 0.2) is 0 Å². The molecule has 0 aliphatic carbocycles. The molecule has 23 heavy (non-hydrogen) atoms. The largest absolute Gasteiger partial charge is 0.376 e. The van der Waals surface area contributed by atoms with Crippen LogP contribution in [-0.4, -0.2) is 41.1 Å². The van der Waals surface area contributed by atoms with Gasteiger partial charge in [-0.1, -0.05) is 26.0 Å². The van der Waals surface area contributed by atoms with E-state index in [0.29, 0.717) is 0 Å². The van der Waals surface area contributed by atoms with E-state index in [9.17, 15) is 4.79 Å². The molecule has 1 amide bonds. The first-order chi connectivity index (χ1) is 11.1. The summed E-state index contributed by atoms with van der Waals surface area (Å²) < 4.78 is 5.89. The van der Waals surface area contributed by atoms with E-state index in [4.69, 9.17) is 4.74 Å². The summed E-state index contributed by atoms with van der Waals surface area (Å²) in [4.78, 5) is 19.3. The van der Waals surface area contributed by atoms with E-state index in [1.54, 1.807) is 6.20 Å². The molecule has 4 nitrogen and oxygen atoms in total. The number of hydrogen-bond acceptors (Lipinski definition) is 3. The van der Waals surface area contributed by atoms with Gasteiger partial charge in [-0.15, -0.1) is 0 Å². The zero-order valence-corrected chi connectivity index (χ0v) is 13.7. The summed E-state index contributed by atoms with van der Waals surface area (Å²) in [6.45, 7) is 6.07. The van der Waals surface area contributed by atoms with Gasteiger partial charge in [-0.05, 0) is 30.4 Å². The molecule has 0 spiro atoms. The molecular formula is C19H22N2O2. The molecule has 2 aromatic rings. The van der Waals surface area contributed by atoms with Gasteiger partial charge in [0.25, 0.3) is 5.91 Å². The second-order valence-electron chi connectivity index (χ2n) is 7.32. The van der Waals surface area contributed by atoms with Crippen molar-refractivity contribution in [3.05, 3.63) is 42.2 Å². The van der Waals surface area contributed by atoms with E-state index in [1.807, 2.05) is 35.4 Å². The van der Waals surface area contributed by atoms with Crippen LogP contribution in [0, 0.1) is 5.41 Å². The molecule has 2 unspecified atom stereocenters. The molecule has 2 aliphatic heterocycles. The van der Waals surface area contributed by atoms with Gasteiger partial charge in [-0.2, -0.15) is 0 Å². The van der Waals surface area contributed by atoms with Gasteiger partial charge in [-0.25, -0.2) is 0 Å². The normalized spacial score (nSPS) is 26.3. The Labute approximate surface area is 136 Å². The fraction of sp³-hybridized carbons (Fsp3) is 0.474. The van der Waals surface area contributed by atoms with Crippen LogP contribution >= 0.6 is 0 Å². The molecule has 3 heterocycles. The number of ether oxygens (including phenoxy) is 1. The lowest BCUT2D eigenvalue weighted by Gasteiger charge is -2.56. The van der Waals surface area contributed by atoms with Gasteiger partial charge in [-0.3, -0.25) is 9.78 Å². The average molecular weight is 310 g/mol. The van der Waals surface area contributed by atoms with E-state index in [-0.39, 0.29) is 23.5 Å². The number of likely N-dealkylation sites (tertiary alicyclic amines) is 1. The highest BCUT2D eigenvalue weighted by molar-refractivity contribution is 6.07. The number of aromatic nitrogens is 1. The standard InChI is InChI=1S/C19H22N2O2/c1-19(2)12-21(17(19)16-7-4-10-23-16)18(22)15-6-3-5-13-11-20-9-8-14(13)15/h3,5-6,8-9,11,16-17H,4,7,10,12H2,1-2H3. The molecule has 2 saturated heterocycles. The molecule has 2 fully saturated rings. The molecular weight excluding hydrogens is 288 g/mol. The van der Waals surface area contributed by atoms with Crippen molar-refractivity contribution in [2.45, 2.75) is 38.8 Å². The van der Waals surface area contributed by atoms with Crippen LogP contribution in [0.4, 0.5) is 0 Å². The Balaban J connectivity index is 1.68. The van der Waals surface area contributed by atoms with Gasteiger partial charge in [0.1, 0.15) is 0 Å². The minimum Gasteiger partial charge on any atom is -0.376 e. The minimum absolute atomic E-state index is 0.113. The zero-order chi connectivity index (χ0) is 16.0. The minimum atomic E-state index is 0.113. The molecule has 4 heteroatoms. The molecule has 120 valence electrons. The van der Waals surface area contributed by atoms with Crippen LogP contribution in [0.1, 0.15) is 37.0 Å². The van der Waals surface area contributed by atoms with Crippen molar-refractivity contribution in [3.63, 3.8) is 0 Å². The molecule has 1 aromatic carbocycles. The number of hydrogen-bond donors (Lipinski definition) is 0. The Morgan fingerprint density at radius 3 is 2.96 bits per heavy atom. The average Bonchev–Trinajstić information content (AvgIpc) is 3.05. The highest BCUT2D eigenvalue weighted by Gasteiger charge is 2.53. The van der Waals surface area contributed by atoms with Gasteiger partial charge in [0.2, 0.25) is 0 Å². The van der Waals surface area contributed by atoms with Gasteiger partial charge >= 0.3 is 0 Å². The molecule has 0 bridgehead atoms. The number of benzene rings is 1. The van der Waals surface area contributed by atoms with Crippen LogP contribution in [0.2, 0.25) is 0 Å². The molecule has 2 aliphatic rings. The molecule has 0 radical (unpaired) electrons. The molecule has 4 rings (SSSR count). The smallest absolute Gasteiger partial charge is 0.254 e. The van der Waals surface area contributed by atoms with Crippen molar-refractivity contribution < 1.29 is 9.53 Å². The number of pyridine rings is 1. The Morgan fingerprint density at radius 2 is 2.22 bits per heavy atom. The summed E-state index contributed by atoms with van der Waals surface area (Å²) >= 11 is 0. The number of amides is 1. The van der Waals surface area contributed by atoms with Crippen LogP contribution in [0.3, 0.4) is 0 Å². The number of carbonyl (C=O) groups is 1. The summed E-state index contributed by atoms with van der Waals surface area (Å²) in [7, 11) is 0. The van der Waals surface area contributed by atoms with Crippen LogP contribution in [0.5, 0.6) is 0 Å². The van der Waals surface area contributed by atoms with E-state index < -0.39 is 0 Å². The van der Waals surface area contributed by atoms with Crippen molar-refractivity contribution >= 4 is 16.7 Å². The second-order valence-corrected chi connectivity index (χ2v) is 7.32. The molecule has 2 atom stereocenters. The first-order valence-corrected chi connectivity index (χ1v) is 8.33. The number of fused-ring (bicyclic) bond motifs is 1. The van der Waals surface area contributed by atoms with E-state index in [1.165, 1.54) is 0 Å². The Morgan fingerprint density at radius 1 is 1.35 bits per heavy atom. The van der Waals surface area contributed by atoms with Gasteiger partial charge in [0, 0.05) is 41.9 Å². The maximum absolute atomic E-state index is 13.1. The van der Waals surface area contributed by atoms with Crippen molar-refractivity contribution in [3.8, 4) is 0 Å². The highest BCUT2D eigenvalue weighted by atomic mass is 16.5. The SMILES string of the molecule is CC1(C)CN(C(=O)c2cccc3cnccc23)C1C1CCCO1. The third-order valence-corrected chi connectivity index (χ3v) is 5.20. The zero-order valence-electron chi connectivity index (χ0n) is 13.7. The van der Waals surface area contributed by atoms with Gasteiger partial charge in [0.05, 0.1) is 12.1 Å². The monoisotopic (exact) mass is 310 g/mol. The lowest BCUT2D eigenvalue weighted by Crippen LogP contribution is -2.68. The van der Waals surface area contributed by atoms with Crippen molar-refractivity contribution in [1.29, 1.82) is 0 Å². The number of rotatable bonds is 2. The second kappa shape index (κ2) is 5.31.